The molecule has 0 bridgehead atoms. The predicted octanol–water partition coefficient (Wildman–Crippen LogP) is 3.06. The SMILES string of the molecule is CCCCOc1cccc(C(=O)Oc2cccc(-n3cnnn3)c2)c1. The van der Waals surface area contributed by atoms with Crippen molar-refractivity contribution >= 4 is 5.97 Å². The van der Waals surface area contributed by atoms with Crippen LogP contribution in [0.4, 0.5) is 0 Å². The van der Waals surface area contributed by atoms with Gasteiger partial charge in [-0.3, -0.25) is 0 Å². The van der Waals surface area contributed by atoms with Gasteiger partial charge in [-0.05, 0) is 47.2 Å². The van der Waals surface area contributed by atoms with Crippen molar-refractivity contribution in [1.82, 2.24) is 20.2 Å². The van der Waals surface area contributed by atoms with Crippen LogP contribution in [0, 0.1) is 0 Å². The lowest BCUT2D eigenvalue weighted by molar-refractivity contribution is 0.0734. The summed E-state index contributed by atoms with van der Waals surface area (Å²) in [6, 6.07) is 14.0. The Bertz CT molecular complexity index is 834. The van der Waals surface area contributed by atoms with Gasteiger partial charge in [0, 0.05) is 6.07 Å². The largest absolute Gasteiger partial charge is 0.494 e. The Morgan fingerprint density at radius 2 is 1.96 bits per heavy atom. The normalized spacial score (nSPS) is 10.4. The number of carbonyl (C=O) groups is 1. The Morgan fingerprint density at radius 3 is 2.76 bits per heavy atom. The molecule has 3 rings (SSSR count). The molecule has 0 radical (unpaired) electrons. The molecule has 0 unspecified atom stereocenters. The fraction of sp³-hybridized carbons (Fsp3) is 0.222. The van der Waals surface area contributed by atoms with Crippen LogP contribution in [0.5, 0.6) is 11.5 Å². The number of hydrogen-bond donors (Lipinski definition) is 0. The Morgan fingerprint density at radius 1 is 1.12 bits per heavy atom. The van der Waals surface area contributed by atoms with Crippen molar-refractivity contribution in [3.8, 4) is 17.2 Å². The van der Waals surface area contributed by atoms with Gasteiger partial charge in [0.15, 0.2) is 0 Å². The highest BCUT2D eigenvalue weighted by molar-refractivity contribution is 5.91. The number of carbonyl (C=O) groups excluding carboxylic acids is 1. The quantitative estimate of drug-likeness (QED) is 0.374. The zero-order chi connectivity index (χ0) is 17.5. The number of ether oxygens (including phenoxy) is 2. The highest BCUT2D eigenvalue weighted by Crippen LogP contribution is 2.19. The first-order chi connectivity index (χ1) is 12.3. The van der Waals surface area contributed by atoms with Crippen molar-refractivity contribution in [2.24, 2.45) is 0 Å². The second-order valence-corrected chi connectivity index (χ2v) is 5.37. The number of tetrazole rings is 1. The number of unbranched alkanes of at least 4 members (excludes halogenated alkanes) is 1. The van der Waals surface area contributed by atoms with Gasteiger partial charge in [0.1, 0.15) is 17.8 Å². The van der Waals surface area contributed by atoms with Crippen molar-refractivity contribution in [2.45, 2.75) is 19.8 Å². The first-order valence-electron chi connectivity index (χ1n) is 8.05. The Kier molecular flexibility index (Phi) is 5.36. The van der Waals surface area contributed by atoms with Gasteiger partial charge in [0.05, 0.1) is 17.9 Å². The molecule has 0 fully saturated rings. The topological polar surface area (TPSA) is 79.1 Å². The minimum atomic E-state index is -0.449. The lowest BCUT2D eigenvalue weighted by Crippen LogP contribution is -2.09. The average Bonchev–Trinajstić information content (AvgIpc) is 3.17. The van der Waals surface area contributed by atoms with Crippen LogP contribution in [-0.4, -0.2) is 32.8 Å². The summed E-state index contributed by atoms with van der Waals surface area (Å²) in [5, 5.41) is 11.0. The van der Waals surface area contributed by atoms with Crippen LogP contribution in [0.3, 0.4) is 0 Å². The molecule has 0 saturated heterocycles. The zero-order valence-corrected chi connectivity index (χ0v) is 13.8. The number of esters is 1. The number of aromatic nitrogens is 4. The van der Waals surface area contributed by atoms with E-state index < -0.39 is 5.97 Å². The molecule has 2 aromatic carbocycles. The summed E-state index contributed by atoms with van der Waals surface area (Å²) in [6.45, 7) is 2.73. The maximum Gasteiger partial charge on any atom is 0.343 e. The summed E-state index contributed by atoms with van der Waals surface area (Å²) >= 11 is 0. The fourth-order valence-corrected chi connectivity index (χ4v) is 2.18. The molecule has 0 aliphatic carbocycles. The third kappa shape index (κ3) is 4.41. The highest BCUT2D eigenvalue weighted by Gasteiger charge is 2.11. The molecule has 7 heteroatoms. The molecule has 0 amide bonds. The lowest BCUT2D eigenvalue weighted by Gasteiger charge is -2.08. The maximum absolute atomic E-state index is 12.4. The molecule has 0 aliphatic heterocycles. The monoisotopic (exact) mass is 338 g/mol. The average molecular weight is 338 g/mol. The Hall–Kier alpha value is -3.22. The summed E-state index contributed by atoms with van der Waals surface area (Å²) in [4.78, 5) is 12.4. The van der Waals surface area contributed by atoms with Gasteiger partial charge in [-0.1, -0.05) is 25.5 Å². The van der Waals surface area contributed by atoms with E-state index in [-0.39, 0.29) is 0 Å². The smallest absolute Gasteiger partial charge is 0.343 e. The second-order valence-electron chi connectivity index (χ2n) is 5.37. The molecule has 1 aromatic heterocycles. The fourth-order valence-electron chi connectivity index (χ4n) is 2.18. The lowest BCUT2D eigenvalue weighted by atomic mass is 10.2. The van der Waals surface area contributed by atoms with E-state index in [0.29, 0.717) is 29.4 Å². The van der Waals surface area contributed by atoms with Crippen LogP contribution in [0.15, 0.2) is 54.9 Å². The van der Waals surface area contributed by atoms with Gasteiger partial charge >= 0.3 is 5.97 Å². The predicted molar refractivity (Wildman–Crippen MR) is 91.0 cm³/mol. The minimum absolute atomic E-state index is 0.412. The Balaban J connectivity index is 1.70. The maximum atomic E-state index is 12.4. The van der Waals surface area contributed by atoms with Crippen LogP contribution in [0.1, 0.15) is 30.1 Å². The van der Waals surface area contributed by atoms with Crippen molar-refractivity contribution in [2.75, 3.05) is 6.61 Å². The summed E-state index contributed by atoms with van der Waals surface area (Å²) in [7, 11) is 0. The third-order valence-corrected chi connectivity index (χ3v) is 3.48. The minimum Gasteiger partial charge on any atom is -0.494 e. The first kappa shape index (κ1) is 16.6. The van der Waals surface area contributed by atoms with Crippen LogP contribution < -0.4 is 9.47 Å². The van der Waals surface area contributed by atoms with Gasteiger partial charge < -0.3 is 9.47 Å². The first-order valence-corrected chi connectivity index (χ1v) is 8.05. The summed E-state index contributed by atoms with van der Waals surface area (Å²) < 4.78 is 12.6. The van der Waals surface area contributed by atoms with Crippen LogP contribution in [-0.2, 0) is 0 Å². The molecule has 0 aliphatic rings. The molecule has 128 valence electrons. The second kappa shape index (κ2) is 8.05. The van der Waals surface area contributed by atoms with E-state index >= 15 is 0 Å². The molecule has 0 spiro atoms. The van der Waals surface area contributed by atoms with Gasteiger partial charge in [-0.2, -0.15) is 0 Å². The molecule has 1 heterocycles. The third-order valence-electron chi connectivity index (χ3n) is 3.48. The molecule has 0 atom stereocenters. The van der Waals surface area contributed by atoms with Gasteiger partial charge in [0.2, 0.25) is 0 Å². The standard InChI is InChI=1S/C18H18N4O3/c1-2-3-10-24-16-8-4-6-14(11-16)18(23)25-17-9-5-7-15(12-17)22-13-19-20-21-22/h4-9,11-13H,2-3,10H2,1H3. The number of rotatable bonds is 7. The van der Waals surface area contributed by atoms with E-state index in [9.17, 15) is 4.79 Å². The molecule has 7 nitrogen and oxygen atoms in total. The van der Waals surface area contributed by atoms with Crippen molar-refractivity contribution in [1.29, 1.82) is 0 Å². The molecular weight excluding hydrogens is 320 g/mol. The zero-order valence-electron chi connectivity index (χ0n) is 13.8. The summed E-state index contributed by atoms with van der Waals surface area (Å²) in [5.74, 6) is 0.621. The highest BCUT2D eigenvalue weighted by atomic mass is 16.5. The van der Waals surface area contributed by atoms with E-state index in [2.05, 4.69) is 22.4 Å². The van der Waals surface area contributed by atoms with Crippen molar-refractivity contribution < 1.29 is 14.3 Å². The van der Waals surface area contributed by atoms with E-state index in [1.165, 1.54) is 11.0 Å². The molecule has 0 N–H and O–H groups in total. The van der Waals surface area contributed by atoms with Gasteiger partial charge in [0.25, 0.3) is 0 Å². The molecular formula is C18H18N4O3. The van der Waals surface area contributed by atoms with Crippen molar-refractivity contribution in [3.05, 3.63) is 60.4 Å². The van der Waals surface area contributed by atoms with E-state index in [0.717, 1.165) is 12.8 Å². The van der Waals surface area contributed by atoms with E-state index in [1.807, 2.05) is 12.1 Å². The summed E-state index contributed by atoms with van der Waals surface area (Å²) in [6.07, 6.45) is 3.50. The van der Waals surface area contributed by atoms with Crippen LogP contribution >= 0.6 is 0 Å². The van der Waals surface area contributed by atoms with Gasteiger partial charge in [-0.15, -0.1) is 5.10 Å². The van der Waals surface area contributed by atoms with Gasteiger partial charge in [-0.25, -0.2) is 9.48 Å². The molecule has 25 heavy (non-hydrogen) atoms. The van der Waals surface area contributed by atoms with E-state index in [4.69, 9.17) is 9.47 Å². The van der Waals surface area contributed by atoms with Crippen LogP contribution in [0.2, 0.25) is 0 Å². The van der Waals surface area contributed by atoms with Crippen LogP contribution in [0.25, 0.3) is 5.69 Å². The number of nitrogens with zero attached hydrogens (tertiary/aromatic N) is 4. The number of hydrogen-bond acceptors (Lipinski definition) is 6. The van der Waals surface area contributed by atoms with Crippen molar-refractivity contribution in [3.63, 3.8) is 0 Å². The van der Waals surface area contributed by atoms with E-state index in [1.54, 1.807) is 36.4 Å². The number of benzene rings is 2. The molecule has 3 aromatic rings. The molecule has 0 saturated carbocycles. The Labute approximate surface area is 145 Å². The summed E-state index contributed by atoms with van der Waals surface area (Å²) in [5.41, 5.74) is 1.13.